The number of aryl methyl sites for hydroxylation is 2. The van der Waals surface area contributed by atoms with Gasteiger partial charge in [-0.3, -0.25) is 11.3 Å². The predicted molar refractivity (Wildman–Crippen MR) is 72.2 cm³/mol. The molecule has 0 spiro atoms. The van der Waals surface area contributed by atoms with Gasteiger partial charge in [-0.15, -0.1) is 0 Å². The van der Waals surface area contributed by atoms with E-state index in [-0.39, 0.29) is 5.75 Å². The fraction of sp³-hybridized carbons (Fsp3) is 0.500. The Balaban J connectivity index is 3.28. The number of ether oxygens (including phenoxy) is 1. The summed E-state index contributed by atoms with van der Waals surface area (Å²) in [4.78, 5) is 0. The van der Waals surface area contributed by atoms with E-state index < -0.39 is 15.9 Å². The number of hydrogen-bond acceptors (Lipinski definition) is 5. The number of methoxy groups -OCH3 is 1. The Morgan fingerprint density at radius 3 is 2.44 bits per heavy atom. The van der Waals surface area contributed by atoms with E-state index >= 15 is 0 Å². The summed E-state index contributed by atoms with van der Waals surface area (Å²) in [5.74, 6) is 6.06. The zero-order valence-electron chi connectivity index (χ0n) is 11.1. The molecule has 0 amide bonds. The topological polar surface area (TPSA) is 81.4 Å². The van der Waals surface area contributed by atoms with Crippen molar-refractivity contribution in [3.8, 4) is 5.75 Å². The van der Waals surface area contributed by atoms with Crippen LogP contribution in [0.15, 0.2) is 12.1 Å². The predicted octanol–water partition coefficient (Wildman–Crippen LogP) is 0.861. The van der Waals surface area contributed by atoms with E-state index in [0.29, 0.717) is 5.75 Å². The molecule has 0 bridgehead atoms. The third-order valence-corrected chi connectivity index (χ3v) is 3.67. The smallest absolute Gasteiger partial charge is 0.149 e. The molecule has 18 heavy (non-hydrogen) atoms. The van der Waals surface area contributed by atoms with Crippen LogP contribution in [0.1, 0.15) is 22.7 Å². The number of nitrogens with two attached hydrogens (primary N) is 1. The molecule has 5 nitrogen and oxygen atoms in total. The summed E-state index contributed by atoms with van der Waals surface area (Å²) in [6.45, 7) is 3.87. The first-order valence-electron chi connectivity index (χ1n) is 5.57. The van der Waals surface area contributed by atoms with Gasteiger partial charge in [-0.2, -0.15) is 0 Å². The van der Waals surface area contributed by atoms with Crippen LogP contribution in [0, 0.1) is 13.8 Å². The van der Waals surface area contributed by atoms with Crippen molar-refractivity contribution in [2.45, 2.75) is 19.9 Å². The van der Waals surface area contributed by atoms with Crippen molar-refractivity contribution in [1.82, 2.24) is 5.43 Å². The molecule has 0 radical (unpaired) electrons. The van der Waals surface area contributed by atoms with Crippen LogP contribution in [0.5, 0.6) is 5.75 Å². The van der Waals surface area contributed by atoms with Crippen LogP contribution in [0.4, 0.5) is 0 Å². The summed E-state index contributed by atoms with van der Waals surface area (Å²) in [5, 5.41) is 0. The van der Waals surface area contributed by atoms with Crippen molar-refractivity contribution < 1.29 is 13.2 Å². The molecule has 6 heteroatoms. The first-order chi connectivity index (χ1) is 8.28. The van der Waals surface area contributed by atoms with Gasteiger partial charge in [0.2, 0.25) is 0 Å². The van der Waals surface area contributed by atoms with Gasteiger partial charge >= 0.3 is 0 Å². The SMILES string of the molecule is COc1cc(C)cc(C)c1C(CS(C)(=O)=O)NN. The molecule has 0 aromatic heterocycles. The highest BCUT2D eigenvalue weighted by Crippen LogP contribution is 2.30. The quantitative estimate of drug-likeness (QED) is 0.614. The number of benzene rings is 1. The second-order valence-corrected chi connectivity index (χ2v) is 6.69. The van der Waals surface area contributed by atoms with Crippen LogP contribution in [-0.4, -0.2) is 27.5 Å². The van der Waals surface area contributed by atoms with Crippen molar-refractivity contribution in [3.63, 3.8) is 0 Å². The summed E-state index contributed by atoms with van der Waals surface area (Å²) >= 11 is 0. The van der Waals surface area contributed by atoms with Gasteiger partial charge in [0.25, 0.3) is 0 Å². The van der Waals surface area contributed by atoms with E-state index in [1.807, 2.05) is 26.0 Å². The molecule has 0 fully saturated rings. The van der Waals surface area contributed by atoms with Crippen molar-refractivity contribution in [1.29, 1.82) is 0 Å². The van der Waals surface area contributed by atoms with Crippen LogP contribution in [-0.2, 0) is 9.84 Å². The number of hydrogen-bond donors (Lipinski definition) is 2. The van der Waals surface area contributed by atoms with Crippen LogP contribution >= 0.6 is 0 Å². The number of nitrogens with one attached hydrogen (secondary N) is 1. The zero-order chi connectivity index (χ0) is 13.9. The first-order valence-corrected chi connectivity index (χ1v) is 7.63. The third-order valence-electron chi connectivity index (χ3n) is 2.73. The van der Waals surface area contributed by atoms with Gasteiger partial charge in [-0.1, -0.05) is 6.07 Å². The van der Waals surface area contributed by atoms with Crippen LogP contribution in [0.25, 0.3) is 0 Å². The van der Waals surface area contributed by atoms with Crippen LogP contribution in [0.3, 0.4) is 0 Å². The van der Waals surface area contributed by atoms with Crippen molar-refractivity contribution in [3.05, 3.63) is 28.8 Å². The molecule has 1 atom stereocenters. The Bertz CT molecular complexity index is 526. The monoisotopic (exact) mass is 272 g/mol. The maximum Gasteiger partial charge on any atom is 0.149 e. The number of sulfone groups is 1. The molecule has 1 rings (SSSR count). The summed E-state index contributed by atoms with van der Waals surface area (Å²) in [7, 11) is -1.57. The van der Waals surface area contributed by atoms with Crippen LogP contribution in [0.2, 0.25) is 0 Å². The van der Waals surface area contributed by atoms with Gasteiger partial charge in [-0.05, 0) is 31.0 Å². The average Bonchev–Trinajstić information content (AvgIpc) is 2.24. The highest BCUT2D eigenvalue weighted by Gasteiger charge is 2.21. The molecule has 0 aliphatic carbocycles. The molecular weight excluding hydrogens is 252 g/mol. The fourth-order valence-corrected chi connectivity index (χ4v) is 2.94. The Morgan fingerprint density at radius 1 is 1.39 bits per heavy atom. The van der Waals surface area contributed by atoms with Crippen molar-refractivity contribution in [2.75, 3.05) is 19.1 Å². The summed E-state index contributed by atoms with van der Waals surface area (Å²) < 4.78 is 28.1. The number of hydrazine groups is 1. The lowest BCUT2D eigenvalue weighted by Gasteiger charge is -2.21. The molecule has 1 aromatic carbocycles. The molecule has 0 heterocycles. The minimum Gasteiger partial charge on any atom is -0.496 e. The summed E-state index contributed by atoms with van der Waals surface area (Å²) in [6.07, 6.45) is 1.19. The molecule has 0 aliphatic heterocycles. The molecule has 102 valence electrons. The number of rotatable bonds is 5. The molecule has 0 saturated carbocycles. The third kappa shape index (κ3) is 3.69. The van der Waals surface area contributed by atoms with Crippen molar-refractivity contribution >= 4 is 9.84 Å². The molecule has 0 saturated heterocycles. The standard InChI is InChI=1S/C12H20N2O3S/c1-8-5-9(2)12(11(6-8)17-3)10(14-13)7-18(4,15)16/h5-6,10,14H,7,13H2,1-4H3. The Hall–Kier alpha value is -1.11. The lowest BCUT2D eigenvalue weighted by Crippen LogP contribution is -2.33. The van der Waals surface area contributed by atoms with Gasteiger partial charge < -0.3 is 4.74 Å². The van der Waals surface area contributed by atoms with E-state index in [1.165, 1.54) is 6.26 Å². The van der Waals surface area contributed by atoms with E-state index in [2.05, 4.69) is 5.43 Å². The highest BCUT2D eigenvalue weighted by atomic mass is 32.2. The van der Waals surface area contributed by atoms with E-state index in [0.717, 1.165) is 16.7 Å². The second-order valence-electron chi connectivity index (χ2n) is 4.51. The van der Waals surface area contributed by atoms with Crippen molar-refractivity contribution in [2.24, 2.45) is 5.84 Å². The van der Waals surface area contributed by atoms with Gasteiger partial charge in [0.1, 0.15) is 15.6 Å². The van der Waals surface area contributed by atoms with Gasteiger partial charge in [0.05, 0.1) is 18.9 Å². The Kier molecular flexibility index (Phi) is 4.72. The van der Waals surface area contributed by atoms with Gasteiger partial charge in [0, 0.05) is 11.8 Å². The minimum atomic E-state index is -3.13. The first kappa shape index (κ1) is 14.9. The fourth-order valence-electron chi connectivity index (χ4n) is 2.07. The molecule has 3 N–H and O–H groups in total. The Morgan fingerprint density at radius 2 is 2.00 bits per heavy atom. The second kappa shape index (κ2) is 5.69. The van der Waals surface area contributed by atoms with E-state index in [4.69, 9.17) is 10.6 Å². The maximum absolute atomic E-state index is 11.4. The van der Waals surface area contributed by atoms with E-state index in [9.17, 15) is 8.42 Å². The lowest BCUT2D eigenvalue weighted by atomic mass is 9.99. The zero-order valence-corrected chi connectivity index (χ0v) is 12.0. The largest absolute Gasteiger partial charge is 0.496 e. The molecule has 1 unspecified atom stereocenters. The van der Waals surface area contributed by atoms with Gasteiger partial charge in [0.15, 0.2) is 0 Å². The highest BCUT2D eigenvalue weighted by molar-refractivity contribution is 7.90. The summed E-state index contributed by atoms with van der Waals surface area (Å²) in [6, 6.07) is 3.37. The van der Waals surface area contributed by atoms with E-state index in [1.54, 1.807) is 7.11 Å². The van der Waals surface area contributed by atoms with Crippen LogP contribution < -0.4 is 16.0 Å². The Labute approximate surface area is 108 Å². The normalized spacial score (nSPS) is 13.4. The summed E-state index contributed by atoms with van der Waals surface area (Å²) in [5.41, 5.74) is 5.35. The molecule has 1 aromatic rings. The lowest BCUT2D eigenvalue weighted by molar-refractivity contribution is 0.401. The maximum atomic E-state index is 11.4. The molecule has 0 aliphatic rings. The van der Waals surface area contributed by atoms with Gasteiger partial charge in [-0.25, -0.2) is 8.42 Å². The minimum absolute atomic E-state index is 0.0657. The molecular formula is C12H20N2O3S. The average molecular weight is 272 g/mol.